The van der Waals surface area contributed by atoms with E-state index in [4.69, 9.17) is 10.1 Å². The van der Waals surface area contributed by atoms with E-state index in [1.54, 1.807) is 0 Å². The van der Waals surface area contributed by atoms with Crippen LogP contribution in [0.3, 0.4) is 0 Å². The van der Waals surface area contributed by atoms with Gasteiger partial charge < -0.3 is 5.32 Å². The minimum Gasteiger partial charge on any atom is -0.359 e. The summed E-state index contributed by atoms with van der Waals surface area (Å²) in [7, 11) is 0. The maximum Gasteiger partial charge on any atom is 0.159 e. The summed E-state index contributed by atoms with van der Waals surface area (Å²) in [6.07, 6.45) is 2.84. The first-order chi connectivity index (χ1) is 12.0. The summed E-state index contributed by atoms with van der Waals surface area (Å²) in [5.74, 6) is 0.918. The molecule has 5 heteroatoms. The van der Waals surface area contributed by atoms with Gasteiger partial charge >= 0.3 is 0 Å². The Hall–Kier alpha value is -1.89. The number of hydrogen-bond donors (Lipinski definition) is 1. The van der Waals surface area contributed by atoms with Gasteiger partial charge in [0, 0.05) is 33.4 Å². The smallest absolute Gasteiger partial charge is 0.159 e. The summed E-state index contributed by atoms with van der Waals surface area (Å²) >= 11 is 2.41. The Morgan fingerprint density at radius 1 is 1.24 bits per heavy atom. The number of rotatable bonds is 3. The van der Waals surface area contributed by atoms with E-state index in [9.17, 15) is 0 Å². The standard InChI is InChI=1S/C20H21IN4/c1-5-6-17-23-20-12(3)8-16(21)19(25(20)24-17)15-7-11(2)18-14(10-15)9-13(4)22-18/h7-8,10,22H,4-6,9H2,1-3H3. The largest absolute Gasteiger partial charge is 0.359 e. The summed E-state index contributed by atoms with van der Waals surface area (Å²) in [6, 6.07) is 6.70. The molecule has 0 spiro atoms. The van der Waals surface area contributed by atoms with Crippen molar-refractivity contribution in [1.29, 1.82) is 0 Å². The molecule has 2 aromatic heterocycles. The lowest BCUT2D eigenvalue weighted by atomic mass is 10.0. The van der Waals surface area contributed by atoms with Crippen LogP contribution in [0.4, 0.5) is 5.69 Å². The monoisotopic (exact) mass is 444 g/mol. The molecule has 3 heterocycles. The van der Waals surface area contributed by atoms with Crippen molar-refractivity contribution in [3.8, 4) is 11.3 Å². The molecule has 0 aliphatic carbocycles. The fraction of sp³-hybridized carbons (Fsp3) is 0.300. The third-order valence-electron chi connectivity index (χ3n) is 4.65. The van der Waals surface area contributed by atoms with E-state index in [1.807, 2.05) is 4.52 Å². The first-order valence-electron chi connectivity index (χ1n) is 8.61. The molecule has 128 valence electrons. The van der Waals surface area contributed by atoms with Crippen LogP contribution in [0.25, 0.3) is 16.9 Å². The Morgan fingerprint density at radius 3 is 2.80 bits per heavy atom. The second kappa shape index (κ2) is 6.12. The highest BCUT2D eigenvalue weighted by atomic mass is 127. The molecule has 0 bridgehead atoms. The minimum absolute atomic E-state index is 0.883. The molecule has 1 N–H and O–H groups in total. The van der Waals surface area contributed by atoms with Crippen LogP contribution in [-0.2, 0) is 12.8 Å². The topological polar surface area (TPSA) is 42.2 Å². The van der Waals surface area contributed by atoms with Crippen molar-refractivity contribution in [3.63, 3.8) is 0 Å². The zero-order chi connectivity index (χ0) is 17.7. The Kier molecular flexibility index (Phi) is 4.06. The molecule has 4 rings (SSSR count). The van der Waals surface area contributed by atoms with E-state index >= 15 is 0 Å². The molecule has 0 radical (unpaired) electrons. The third-order valence-corrected chi connectivity index (χ3v) is 5.48. The Balaban J connectivity index is 1.97. The van der Waals surface area contributed by atoms with Gasteiger partial charge in [-0.2, -0.15) is 5.10 Å². The Labute approximate surface area is 161 Å². The van der Waals surface area contributed by atoms with E-state index in [-0.39, 0.29) is 0 Å². The molecular formula is C20H21IN4. The highest BCUT2D eigenvalue weighted by Gasteiger charge is 2.20. The molecule has 0 saturated carbocycles. The first kappa shape index (κ1) is 16.6. The molecule has 0 amide bonds. The summed E-state index contributed by atoms with van der Waals surface area (Å²) in [5.41, 5.74) is 9.25. The average molecular weight is 444 g/mol. The number of hydrogen-bond acceptors (Lipinski definition) is 3. The van der Waals surface area contributed by atoms with Crippen molar-refractivity contribution in [2.45, 2.75) is 40.0 Å². The highest BCUT2D eigenvalue weighted by Crippen LogP contribution is 2.36. The molecule has 0 atom stereocenters. The van der Waals surface area contributed by atoms with Gasteiger partial charge in [-0.1, -0.05) is 13.5 Å². The lowest BCUT2D eigenvalue weighted by Gasteiger charge is -2.12. The van der Waals surface area contributed by atoms with Crippen LogP contribution in [0.15, 0.2) is 30.5 Å². The molecule has 3 aromatic rings. The van der Waals surface area contributed by atoms with Gasteiger partial charge in [-0.05, 0) is 77.7 Å². The van der Waals surface area contributed by atoms with Crippen molar-refractivity contribution < 1.29 is 0 Å². The molecule has 1 aliphatic heterocycles. The van der Waals surface area contributed by atoms with Crippen molar-refractivity contribution >= 4 is 33.9 Å². The number of aryl methyl sites for hydroxylation is 3. The van der Waals surface area contributed by atoms with Crippen molar-refractivity contribution in [3.05, 3.63) is 56.6 Å². The third kappa shape index (κ3) is 2.74. The first-order valence-corrected chi connectivity index (χ1v) is 9.69. The van der Waals surface area contributed by atoms with Crippen LogP contribution in [0.5, 0.6) is 0 Å². The fourth-order valence-electron chi connectivity index (χ4n) is 3.55. The fourth-order valence-corrected chi connectivity index (χ4v) is 4.55. The quantitative estimate of drug-likeness (QED) is 0.575. The lowest BCUT2D eigenvalue weighted by molar-refractivity contribution is 0.820. The number of allylic oxidation sites excluding steroid dienone is 1. The summed E-state index contributed by atoms with van der Waals surface area (Å²) < 4.78 is 3.22. The number of halogens is 1. The van der Waals surface area contributed by atoms with Gasteiger partial charge in [-0.3, -0.25) is 0 Å². The van der Waals surface area contributed by atoms with Gasteiger partial charge in [-0.15, -0.1) is 0 Å². The van der Waals surface area contributed by atoms with Gasteiger partial charge in [0.2, 0.25) is 0 Å². The van der Waals surface area contributed by atoms with E-state index in [0.29, 0.717) is 0 Å². The summed E-state index contributed by atoms with van der Waals surface area (Å²) in [4.78, 5) is 4.76. The van der Waals surface area contributed by atoms with Crippen molar-refractivity contribution in [2.24, 2.45) is 0 Å². The van der Waals surface area contributed by atoms with Crippen LogP contribution in [0, 0.1) is 17.4 Å². The number of fused-ring (bicyclic) bond motifs is 2. The van der Waals surface area contributed by atoms with Gasteiger partial charge in [0.15, 0.2) is 11.5 Å². The van der Waals surface area contributed by atoms with Crippen LogP contribution in [0.2, 0.25) is 0 Å². The maximum absolute atomic E-state index is 4.81. The number of nitrogens with zero attached hydrogens (tertiary/aromatic N) is 3. The van der Waals surface area contributed by atoms with E-state index in [2.05, 4.69) is 73.5 Å². The van der Waals surface area contributed by atoms with Gasteiger partial charge in [0.05, 0.1) is 5.69 Å². The molecule has 4 nitrogen and oxygen atoms in total. The van der Waals surface area contributed by atoms with Crippen LogP contribution < -0.4 is 5.32 Å². The lowest BCUT2D eigenvalue weighted by Crippen LogP contribution is -2.01. The summed E-state index contributed by atoms with van der Waals surface area (Å²) in [6.45, 7) is 10.5. The number of anilines is 1. The number of benzene rings is 1. The van der Waals surface area contributed by atoms with Crippen molar-refractivity contribution in [1.82, 2.24) is 14.6 Å². The molecule has 1 aliphatic rings. The maximum atomic E-state index is 4.81. The zero-order valence-corrected chi connectivity index (χ0v) is 16.9. The number of nitrogens with one attached hydrogen (secondary N) is 1. The SMILES string of the molecule is C=C1Cc2cc(-c3c(I)cc(C)c4nc(CCC)nn34)cc(C)c2N1. The molecule has 25 heavy (non-hydrogen) atoms. The normalized spacial score (nSPS) is 13.4. The Bertz CT molecular complexity index is 1020. The van der Waals surface area contributed by atoms with Crippen LogP contribution in [-0.4, -0.2) is 14.6 Å². The molecule has 0 saturated heterocycles. The molecule has 1 aromatic carbocycles. The van der Waals surface area contributed by atoms with E-state index in [0.717, 1.165) is 47.7 Å². The average Bonchev–Trinajstić information content (AvgIpc) is 3.11. The predicted octanol–water partition coefficient (Wildman–Crippen LogP) is 5.05. The van der Waals surface area contributed by atoms with Gasteiger partial charge in [0.1, 0.15) is 0 Å². The second-order valence-electron chi connectivity index (χ2n) is 6.77. The van der Waals surface area contributed by atoms with E-state index < -0.39 is 0 Å². The zero-order valence-electron chi connectivity index (χ0n) is 14.8. The van der Waals surface area contributed by atoms with Crippen LogP contribution in [0.1, 0.15) is 35.9 Å². The number of aromatic nitrogens is 3. The predicted molar refractivity (Wildman–Crippen MR) is 111 cm³/mol. The minimum atomic E-state index is 0.883. The molecule has 0 fully saturated rings. The molecular weight excluding hydrogens is 423 g/mol. The highest BCUT2D eigenvalue weighted by molar-refractivity contribution is 14.1. The second-order valence-corrected chi connectivity index (χ2v) is 7.93. The molecule has 0 unspecified atom stereocenters. The summed E-state index contributed by atoms with van der Waals surface area (Å²) in [5, 5.41) is 8.20. The van der Waals surface area contributed by atoms with Crippen LogP contribution >= 0.6 is 22.6 Å². The van der Waals surface area contributed by atoms with Gasteiger partial charge in [-0.25, -0.2) is 9.50 Å². The number of pyridine rings is 1. The van der Waals surface area contributed by atoms with Crippen molar-refractivity contribution in [2.75, 3.05) is 5.32 Å². The van der Waals surface area contributed by atoms with E-state index in [1.165, 1.54) is 25.9 Å². The van der Waals surface area contributed by atoms with Gasteiger partial charge in [0.25, 0.3) is 0 Å². The Morgan fingerprint density at radius 2 is 2.04 bits per heavy atom.